The number of benzene rings is 1. The summed E-state index contributed by atoms with van der Waals surface area (Å²) in [4.78, 5) is 0. The van der Waals surface area contributed by atoms with E-state index < -0.39 is 0 Å². The summed E-state index contributed by atoms with van der Waals surface area (Å²) in [7, 11) is 0. The molecule has 1 nitrogen and oxygen atoms in total. The van der Waals surface area contributed by atoms with Crippen molar-refractivity contribution < 1.29 is 4.39 Å². The fraction of sp³-hybridized carbons (Fsp3) is 0.667. The van der Waals surface area contributed by atoms with Gasteiger partial charge in [-0.1, -0.05) is 50.3 Å². The summed E-state index contributed by atoms with van der Waals surface area (Å²) in [6.07, 6.45) is 10.5. The van der Waals surface area contributed by atoms with E-state index in [0.717, 1.165) is 18.7 Å². The van der Waals surface area contributed by atoms with Crippen LogP contribution in [0.25, 0.3) is 0 Å². The molecule has 1 N–H and O–H groups in total. The lowest BCUT2D eigenvalue weighted by molar-refractivity contribution is 0.115. The second-order valence-corrected chi connectivity index (χ2v) is 6.66. The lowest BCUT2D eigenvalue weighted by Crippen LogP contribution is -2.44. The van der Waals surface area contributed by atoms with Gasteiger partial charge in [0.1, 0.15) is 5.82 Å². The van der Waals surface area contributed by atoms with Crippen LogP contribution in [-0.2, 0) is 0 Å². The van der Waals surface area contributed by atoms with E-state index in [9.17, 15) is 4.39 Å². The molecule has 0 bridgehead atoms. The fourth-order valence-electron chi connectivity index (χ4n) is 4.38. The highest BCUT2D eigenvalue weighted by Crippen LogP contribution is 2.49. The second kappa shape index (κ2) is 6.26. The van der Waals surface area contributed by atoms with Crippen LogP contribution in [-0.4, -0.2) is 13.1 Å². The molecule has 3 rings (SSSR count). The Balaban J connectivity index is 1.91. The molecule has 110 valence electrons. The molecular weight excluding hydrogens is 249 g/mol. The topological polar surface area (TPSA) is 12.0 Å². The van der Waals surface area contributed by atoms with Crippen LogP contribution in [0.5, 0.6) is 0 Å². The molecule has 2 aliphatic rings. The van der Waals surface area contributed by atoms with E-state index in [0.29, 0.717) is 11.3 Å². The van der Waals surface area contributed by atoms with Crippen molar-refractivity contribution in [2.45, 2.75) is 57.3 Å². The van der Waals surface area contributed by atoms with Crippen molar-refractivity contribution in [1.82, 2.24) is 5.32 Å². The lowest BCUT2D eigenvalue weighted by atomic mass is 9.62. The molecule has 1 heterocycles. The Kier molecular flexibility index (Phi) is 4.40. The number of halogens is 1. The number of nitrogens with one attached hydrogen (secondary N) is 1. The minimum atomic E-state index is -0.0114. The molecule has 2 heteroatoms. The van der Waals surface area contributed by atoms with Crippen LogP contribution in [0, 0.1) is 11.2 Å². The van der Waals surface area contributed by atoms with Gasteiger partial charge >= 0.3 is 0 Å². The molecule has 0 aromatic heterocycles. The van der Waals surface area contributed by atoms with Crippen LogP contribution in [0.1, 0.15) is 62.8 Å². The maximum absolute atomic E-state index is 14.3. The quantitative estimate of drug-likeness (QED) is 0.787. The van der Waals surface area contributed by atoms with Gasteiger partial charge in [0.05, 0.1) is 0 Å². The third-order valence-corrected chi connectivity index (χ3v) is 5.52. The largest absolute Gasteiger partial charge is 0.316 e. The standard InChI is InChI=1S/C18H26FN/c19-17-9-5-4-8-15(17)16-14-20-13-12-18(16)10-6-2-1-3-7-11-18/h4-5,8-9,16,20H,1-3,6-7,10-14H2. The van der Waals surface area contributed by atoms with Crippen LogP contribution in [0.3, 0.4) is 0 Å². The number of piperidine rings is 1. The first kappa shape index (κ1) is 14.1. The van der Waals surface area contributed by atoms with Gasteiger partial charge in [0, 0.05) is 12.5 Å². The lowest BCUT2D eigenvalue weighted by Gasteiger charge is -2.46. The second-order valence-electron chi connectivity index (χ2n) is 6.66. The molecule has 1 saturated carbocycles. The molecule has 0 radical (unpaired) electrons. The van der Waals surface area contributed by atoms with E-state index in [-0.39, 0.29) is 5.82 Å². The molecule has 1 spiro atoms. The molecule has 1 atom stereocenters. The first-order chi connectivity index (χ1) is 9.82. The highest BCUT2D eigenvalue weighted by Gasteiger charge is 2.41. The summed E-state index contributed by atoms with van der Waals surface area (Å²) >= 11 is 0. The van der Waals surface area contributed by atoms with Crippen LogP contribution in [0.15, 0.2) is 24.3 Å². The zero-order valence-electron chi connectivity index (χ0n) is 12.3. The smallest absolute Gasteiger partial charge is 0.126 e. The molecule has 1 aliphatic heterocycles. The zero-order chi connectivity index (χ0) is 13.8. The van der Waals surface area contributed by atoms with Gasteiger partial charge < -0.3 is 5.32 Å². The van der Waals surface area contributed by atoms with Gasteiger partial charge in [-0.15, -0.1) is 0 Å². The highest BCUT2D eigenvalue weighted by molar-refractivity contribution is 5.25. The van der Waals surface area contributed by atoms with Crippen LogP contribution < -0.4 is 5.32 Å². The Morgan fingerprint density at radius 1 is 0.950 bits per heavy atom. The number of hydrogen-bond donors (Lipinski definition) is 1. The van der Waals surface area contributed by atoms with E-state index in [4.69, 9.17) is 0 Å². The normalized spacial score (nSPS) is 26.9. The monoisotopic (exact) mass is 275 g/mol. The Labute approximate surface area is 122 Å². The SMILES string of the molecule is Fc1ccccc1C1CNCCC12CCCCCCC2. The van der Waals surface area contributed by atoms with Gasteiger partial charge in [0.2, 0.25) is 0 Å². The molecule has 20 heavy (non-hydrogen) atoms. The zero-order valence-corrected chi connectivity index (χ0v) is 12.3. The fourth-order valence-corrected chi connectivity index (χ4v) is 4.38. The maximum atomic E-state index is 14.3. The minimum Gasteiger partial charge on any atom is -0.316 e. The summed E-state index contributed by atoms with van der Waals surface area (Å²) in [5.41, 5.74) is 1.29. The van der Waals surface area contributed by atoms with Crippen LogP contribution >= 0.6 is 0 Å². The summed E-state index contributed by atoms with van der Waals surface area (Å²) in [6, 6.07) is 7.43. The van der Waals surface area contributed by atoms with Crippen molar-refractivity contribution in [2.24, 2.45) is 5.41 Å². The Hall–Kier alpha value is -0.890. The van der Waals surface area contributed by atoms with Gasteiger partial charge in [0.25, 0.3) is 0 Å². The highest BCUT2D eigenvalue weighted by atomic mass is 19.1. The van der Waals surface area contributed by atoms with Gasteiger partial charge in [-0.3, -0.25) is 0 Å². The van der Waals surface area contributed by atoms with Crippen molar-refractivity contribution in [3.8, 4) is 0 Å². The van der Waals surface area contributed by atoms with Gasteiger partial charge in [-0.05, 0) is 42.9 Å². The first-order valence-electron chi connectivity index (χ1n) is 8.27. The van der Waals surface area contributed by atoms with E-state index in [1.807, 2.05) is 12.1 Å². The first-order valence-corrected chi connectivity index (χ1v) is 8.27. The third-order valence-electron chi connectivity index (χ3n) is 5.52. The predicted molar refractivity (Wildman–Crippen MR) is 81.4 cm³/mol. The molecule has 0 amide bonds. The van der Waals surface area contributed by atoms with E-state index >= 15 is 0 Å². The Bertz CT molecular complexity index is 435. The summed E-state index contributed by atoms with van der Waals surface area (Å²) in [5.74, 6) is 0.346. The Morgan fingerprint density at radius 2 is 1.65 bits per heavy atom. The van der Waals surface area contributed by atoms with Gasteiger partial charge in [0.15, 0.2) is 0 Å². The van der Waals surface area contributed by atoms with Crippen molar-refractivity contribution in [3.05, 3.63) is 35.6 Å². The Morgan fingerprint density at radius 3 is 2.40 bits per heavy atom. The molecule has 1 aliphatic carbocycles. The summed E-state index contributed by atoms with van der Waals surface area (Å²) in [6.45, 7) is 2.05. The van der Waals surface area contributed by atoms with E-state index in [1.54, 1.807) is 12.1 Å². The average Bonchev–Trinajstić information content (AvgIpc) is 2.45. The molecule has 2 fully saturated rings. The molecule has 1 aromatic rings. The van der Waals surface area contributed by atoms with Gasteiger partial charge in [-0.25, -0.2) is 4.39 Å². The number of hydrogen-bond acceptors (Lipinski definition) is 1. The summed E-state index contributed by atoms with van der Waals surface area (Å²) in [5, 5.41) is 3.50. The maximum Gasteiger partial charge on any atom is 0.126 e. The minimum absolute atomic E-state index is 0.0114. The predicted octanol–water partition coefficient (Wildman–Crippen LogP) is 4.63. The van der Waals surface area contributed by atoms with Crippen LogP contribution in [0.4, 0.5) is 4.39 Å². The molecule has 1 saturated heterocycles. The van der Waals surface area contributed by atoms with E-state index in [2.05, 4.69) is 5.32 Å². The molecule has 1 unspecified atom stereocenters. The van der Waals surface area contributed by atoms with Crippen LogP contribution in [0.2, 0.25) is 0 Å². The van der Waals surface area contributed by atoms with Gasteiger partial charge in [-0.2, -0.15) is 0 Å². The van der Waals surface area contributed by atoms with Crippen molar-refractivity contribution in [3.63, 3.8) is 0 Å². The summed E-state index contributed by atoms with van der Waals surface area (Å²) < 4.78 is 14.3. The van der Waals surface area contributed by atoms with Crippen molar-refractivity contribution in [2.75, 3.05) is 13.1 Å². The average molecular weight is 275 g/mol. The van der Waals surface area contributed by atoms with Crippen molar-refractivity contribution >= 4 is 0 Å². The molecular formula is C18H26FN. The van der Waals surface area contributed by atoms with Crippen molar-refractivity contribution in [1.29, 1.82) is 0 Å². The molecule has 1 aromatic carbocycles. The van der Waals surface area contributed by atoms with E-state index in [1.165, 1.54) is 51.4 Å². The third kappa shape index (κ3) is 2.76. The number of rotatable bonds is 1.